The zero-order valence-electron chi connectivity index (χ0n) is 17.0. The average molecular weight is 395 g/mol. The molecule has 0 radical (unpaired) electrons. The van der Waals surface area contributed by atoms with Gasteiger partial charge < -0.3 is 15.8 Å². The Balaban J connectivity index is 1.64. The number of carbonyl (C=O) groups is 2. The molecule has 3 N–H and O–H groups in total. The lowest BCUT2D eigenvalue weighted by Crippen LogP contribution is -2.37. The summed E-state index contributed by atoms with van der Waals surface area (Å²) in [7, 11) is 0. The molecule has 2 amide bonds. The molecule has 0 fully saturated rings. The van der Waals surface area contributed by atoms with Crippen LogP contribution in [0, 0.1) is 0 Å². The molecule has 0 spiro atoms. The van der Waals surface area contributed by atoms with E-state index in [0.717, 1.165) is 5.75 Å². The van der Waals surface area contributed by atoms with Crippen LogP contribution in [0.4, 0.5) is 0 Å². The molecular formula is C21H25N5O3. The number of amides is 2. The van der Waals surface area contributed by atoms with Crippen LogP contribution in [0.3, 0.4) is 0 Å². The van der Waals surface area contributed by atoms with Gasteiger partial charge in [0.2, 0.25) is 0 Å². The summed E-state index contributed by atoms with van der Waals surface area (Å²) in [5, 5.41) is 6.91. The molecule has 3 rings (SSSR count). The molecule has 1 aromatic carbocycles. The minimum Gasteiger partial charge on any atom is -0.491 e. The van der Waals surface area contributed by atoms with Crippen molar-refractivity contribution in [1.82, 2.24) is 19.9 Å². The normalized spacial score (nSPS) is 12.6. The van der Waals surface area contributed by atoms with Crippen LogP contribution in [-0.2, 0) is 5.41 Å². The summed E-state index contributed by atoms with van der Waals surface area (Å²) in [5.41, 5.74) is 7.27. The SMILES string of the molecule is CC(COc1ccc(C(C)(C)C)cc1)NC(=O)c1ccnc2c(C(N)=O)cnn12. The van der Waals surface area contributed by atoms with Gasteiger partial charge in [0.05, 0.1) is 12.2 Å². The van der Waals surface area contributed by atoms with Gasteiger partial charge in [-0.2, -0.15) is 5.10 Å². The van der Waals surface area contributed by atoms with Gasteiger partial charge in [0.1, 0.15) is 23.6 Å². The first kappa shape index (κ1) is 20.3. The summed E-state index contributed by atoms with van der Waals surface area (Å²) in [6.07, 6.45) is 2.74. The molecule has 0 saturated heterocycles. The van der Waals surface area contributed by atoms with Gasteiger partial charge in [-0.1, -0.05) is 32.9 Å². The summed E-state index contributed by atoms with van der Waals surface area (Å²) >= 11 is 0. The molecule has 29 heavy (non-hydrogen) atoms. The van der Waals surface area contributed by atoms with Crippen molar-refractivity contribution in [2.45, 2.75) is 39.2 Å². The Bertz CT molecular complexity index is 1030. The van der Waals surface area contributed by atoms with Gasteiger partial charge >= 0.3 is 0 Å². The van der Waals surface area contributed by atoms with E-state index in [0.29, 0.717) is 6.61 Å². The molecule has 0 bridgehead atoms. The first-order chi connectivity index (χ1) is 13.7. The molecule has 1 unspecified atom stereocenters. The van der Waals surface area contributed by atoms with Gasteiger partial charge in [-0.05, 0) is 36.1 Å². The quantitative estimate of drug-likeness (QED) is 0.665. The van der Waals surface area contributed by atoms with E-state index in [2.05, 4.69) is 36.2 Å². The maximum absolute atomic E-state index is 12.6. The summed E-state index contributed by atoms with van der Waals surface area (Å²) in [4.78, 5) is 28.2. The average Bonchev–Trinajstić information content (AvgIpc) is 3.10. The number of nitrogens with one attached hydrogen (secondary N) is 1. The molecule has 0 aliphatic carbocycles. The molecule has 1 atom stereocenters. The van der Waals surface area contributed by atoms with Gasteiger partial charge in [0.15, 0.2) is 5.65 Å². The lowest BCUT2D eigenvalue weighted by molar-refractivity contribution is 0.0917. The summed E-state index contributed by atoms with van der Waals surface area (Å²) in [6, 6.07) is 9.21. The fourth-order valence-electron chi connectivity index (χ4n) is 2.85. The van der Waals surface area contributed by atoms with Crippen LogP contribution in [0.5, 0.6) is 5.75 Å². The molecule has 3 aromatic rings. The van der Waals surface area contributed by atoms with Gasteiger partial charge in [-0.3, -0.25) is 9.59 Å². The van der Waals surface area contributed by atoms with Crippen molar-refractivity contribution >= 4 is 17.5 Å². The fourth-order valence-corrected chi connectivity index (χ4v) is 2.85. The Morgan fingerprint density at radius 3 is 2.52 bits per heavy atom. The van der Waals surface area contributed by atoms with E-state index >= 15 is 0 Å². The van der Waals surface area contributed by atoms with Crippen molar-refractivity contribution < 1.29 is 14.3 Å². The number of carbonyl (C=O) groups excluding carboxylic acids is 2. The van der Waals surface area contributed by atoms with E-state index in [-0.39, 0.29) is 34.3 Å². The largest absolute Gasteiger partial charge is 0.491 e. The second kappa shape index (κ2) is 7.90. The van der Waals surface area contributed by atoms with E-state index in [1.807, 2.05) is 31.2 Å². The van der Waals surface area contributed by atoms with E-state index in [1.54, 1.807) is 0 Å². The number of ether oxygens (including phenoxy) is 1. The summed E-state index contributed by atoms with van der Waals surface area (Å²) in [6.45, 7) is 8.62. The Morgan fingerprint density at radius 1 is 1.21 bits per heavy atom. The van der Waals surface area contributed by atoms with Gasteiger partial charge in [0.25, 0.3) is 11.8 Å². The van der Waals surface area contributed by atoms with Crippen LogP contribution in [0.1, 0.15) is 54.1 Å². The monoisotopic (exact) mass is 395 g/mol. The number of aromatic nitrogens is 3. The molecule has 8 nitrogen and oxygen atoms in total. The summed E-state index contributed by atoms with van der Waals surface area (Å²) < 4.78 is 7.08. The number of fused-ring (bicyclic) bond motifs is 1. The van der Waals surface area contributed by atoms with Crippen molar-refractivity contribution in [2.75, 3.05) is 6.61 Å². The molecule has 2 heterocycles. The highest BCUT2D eigenvalue weighted by Crippen LogP contribution is 2.24. The Kier molecular flexibility index (Phi) is 5.54. The molecule has 152 valence electrons. The van der Waals surface area contributed by atoms with Gasteiger partial charge in [-0.25, -0.2) is 9.50 Å². The number of rotatable bonds is 6. The van der Waals surface area contributed by atoms with Crippen molar-refractivity contribution in [3.8, 4) is 5.75 Å². The first-order valence-corrected chi connectivity index (χ1v) is 9.33. The van der Waals surface area contributed by atoms with Crippen LogP contribution in [-0.4, -0.2) is 39.1 Å². The second-order valence-corrected chi connectivity index (χ2v) is 7.95. The van der Waals surface area contributed by atoms with Crippen LogP contribution in [0.15, 0.2) is 42.7 Å². The molecule has 2 aromatic heterocycles. The molecule has 0 saturated carbocycles. The van der Waals surface area contributed by atoms with Crippen LogP contribution in [0.2, 0.25) is 0 Å². The maximum Gasteiger partial charge on any atom is 0.270 e. The fraction of sp³-hybridized carbons (Fsp3) is 0.333. The highest BCUT2D eigenvalue weighted by Gasteiger charge is 2.18. The van der Waals surface area contributed by atoms with Gasteiger partial charge in [0, 0.05) is 6.20 Å². The zero-order valence-corrected chi connectivity index (χ0v) is 17.0. The smallest absolute Gasteiger partial charge is 0.270 e. The van der Waals surface area contributed by atoms with Crippen LogP contribution < -0.4 is 15.8 Å². The lowest BCUT2D eigenvalue weighted by atomic mass is 9.87. The van der Waals surface area contributed by atoms with Crippen LogP contribution >= 0.6 is 0 Å². The molecule has 0 aliphatic heterocycles. The number of primary amides is 1. The molecule has 0 aliphatic rings. The number of hydrogen-bond acceptors (Lipinski definition) is 5. The summed E-state index contributed by atoms with van der Waals surface area (Å²) in [5.74, 6) is -0.261. The standard InChI is InChI=1S/C21H25N5O3/c1-13(12-29-15-7-5-14(6-8-15)21(2,3)4)25-20(28)17-9-10-23-19-16(18(22)27)11-24-26(17)19/h5-11,13H,12H2,1-4H3,(H2,22,27)(H,25,28). The number of hydrogen-bond donors (Lipinski definition) is 2. The van der Waals surface area contributed by atoms with E-state index in [4.69, 9.17) is 10.5 Å². The predicted octanol–water partition coefficient (Wildman–Crippen LogP) is 2.32. The van der Waals surface area contributed by atoms with E-state index < -0.39 is 5.91 Å². The number of nitrogens with zero attached hydrogens (tertiary/aromatic N) is 3. The number of nitrogens with two attached hydrogens (primary N) is 1. The lowest BCUT2D eigenvalue weighted by Gasteiger charge is -2.20. The highest BCUT2D eigenvalue weighted by molar-refractivity contribution is 5.99. The van der Waals surface area contributed by atoms with E-state index in [9.17, 15) is 9.59 Å². The van der Waals surface area contributed by atoms with Crippen molar-refractivity contribution in [2.24, 2.45) is 5.73 Å². The minimum absolute atomic E-state index is 0.0799. The third-order valence-corrected chi connectivity index (χ3v) is 4.50. The highest BCUT2D eigenvalue weighted by atomic mass is 16.5. The topological polar surface area (TPSA) is 112 Å². The predicted molar refractivity (Wildman–Crippen MR) is 109 cm³/mol. The van der Waals surface area contributed by atoms with Crippen LogP contribution in [0.25, 0.3) is 5.65 Å². The van der Waals surface area contributed by atoms with E-state index in [1.165, 1.54) is 28.5 Å². The molecular weight excluding hydrogens is 370 g/mol. The zero-order chi connectivity index (χ0) is 21.2. The van der Waals surface area contributed by atoms with Gasteiger partial charge in [-0.15, -0.1) is 0 Å². The Labute approximate surface area is 169 Å². The Hall–Kier alpha value is -3.42. The van der Waals surface area contributed by atoms with Crippen molar-refractivity contribution in [1.29, 1.82) is 0 Å². The maximum atomic E-state index is 12.6. The first-order valence-electron chi connectivity index (χ1n) is 9.33. The Morgan fingerprint density at radius 2 is 1.90 bits per heavy atom. The second-order valence-electron chi connectivity index (χ2n) is 7.95. The minimum atomic E-state index is -0.649. The number of benzene rings is 1. The third kappa shape index (κ3) is 4.53. The molecule has 8 heteroatoms. The third-order valence-electron chi connectivity index (χ3n) is 4.50. The van der Waals surface area contributed by atoms with Crippen molar-refractivity contribution in [3.63, 3.8) is 0 Å². The van der Waals surface area contributed by atoms with Crippen molar-refractivity contribution in [3.05, 3.63) is 59.5 Å².